The van der Waals surface area contributed by atoms with Gasteiger partial charge in [-0.15, -0.1) is 0 Å². The fourth-order valence-corrected chi connectivity index (χ4v) is 2.94. The van der Waals surface area contributed by atoms with Gasteiger partial charge in [0, 0.05) is 18.2 Å². The number of carboxylic acids is 1. The van der Waals surface area contributed by atoms with Gasteiger partial charge in [-0.3, -0.25) is 0 Å². The van der Waals surface area contributed by atoms with Gasteiger partial charge in [0.05, 0.1) is 17.8 Å². The monoisotopic (exact) mass is 265 g/mol. The summed E-state index contributed by atoms with van der Waals surface area (Å²) in [7, 11) is 0. The molecule has 2 saturated heterocycles. The Morgan fingerprint density at radius 3 is 2.95 bits per heavy atom. The second-order valence-corrected chi connectivity index (χ2v) is 5.21. The van der Waals surface area contributed by atoms with Gasteiger partial charge < -0.3 is 15.2 Å². The second kappa shape index (κ2) is 4.90. The van der Waals surface area contributed by atoms with Crippen molar-refractivity contribution in [2.75, 3.05) is 0 Å². The molecule has 3 unspecified atom stereocenters. The summed E-state index contributed by atoms with van der Waals surface area (Å²) >= 11 is 0. The van der Waals surface area contributed by atoms with Crippen LogP contribution in [0.5, 0.6) is 0 Å². The number of fused-ring (bicyclic) bond motifs is 2. The Hall–Kier alpha value is -1.46. The highest BCUT2D eigenvalue weighted by Gasteiger charge is 2.40. The Balaban J connectivity index is 1.66. The van der Waals surface area contributed by atoms with Crippen LogP contribution in [0.15, 0.2) is 18.2 Å². The summed E-state index contributed by atoms with van der Waals surface area (Å²) in [4.78, 5) is 10.9. The molecule has 2 aliphatic heterocycles. The summed E-state index contributed by atoms with van der Waals surface area (Å²) in [5.74, 6) is -1.41. The van der Waals surface area contributed by atoms with Crippen LogP contribution < -0.4 is 5.32 Å². The molecule has 19 heavy (non-hydrogen) atoms. The van der Waals surface area contributed by atoms with Crippen molar-refractivity contribution in [3.63, 3.8) is 0 Å². The van der Waals surface area contributed by atoms with Gasteiger partial charge in [0.2, 0.25) is 0 Å². The minimum Gasteiger partial charge on any atom is -0.478 e. The van der Waals surface area contributed by atoms with E-state index in [2.05, 4.69) is 5.32 Å². The zero-order valence-electron chi connectivity index (χ0n) is 10.4. The second-order valence-electron chi connectivity index (χ2n) is 5.21. The van der Waals surface area contributed by atoms with Crippen molar-refractivity contribution in [3.05, 3.63) is 35.1 Å². The van der Waals surface area contributed by atoms with Gasteiger partial charge >= 0.3 is 5.97 Å². The number of carboxylic acid groups (broad SMARTS) is 1. The van der Waals surface area contributed by atoms with Crippen molar-refractivity contribution < 1.29 is 19.0 Å². The van der Waals surface area contributed by atoms with Gasteiger partial charge in [0.15, 0.2) is 0 Å². The van der Waals surface area contributed by atoms with Crippen LogP contribution in [0.4, 0.5) is 4.39 Å². The highest BCUT2D eigenvalue weighted by atomic mass is 19.1. The summed E-state index contributed by atoms with van der Waals surface area (Å²) in [6, 6.07) is 4.13. The molecule has 0 radical (unpaired) electrons. The van der Waals surface area contributed by atoms with Crippen molar-refractivity contribution >= 4 is 5.97 Å². The van der Waals surface area contributed by atoms with E-state index in [9.17, 15) is 9.18 Å². The average molecular weight is 265 g/mol. The Morgan fingerprint density at radius 1 is 1.47 bits per heavy atom. The summed E-state index contributed by atoms with van der Waals surface area (Å²) in [6.45, 7) is 0.337. The van der Waals surface area contributed by atoms with Crippen LogP contribution in [0, 0.1) is 5.82 Å². The van der Waals surface area contributed by atoms with E-state index in [0.29, 0.717) is 18.2 Å². The van der Waals surface area contributed by atoms with Crippen LogP contribution in [-0.2, 0) is 11.3 Å². The van der Waals surface area contributed by atoms with Gasteiger partial charge in [-0.2, -0.15) is 0 Å². The highest BCUT2D eigenvalue weighted by molar-refractivity contribution is 5.87. The average Bonchev–Trinajstić information content (AvgIpc) is 2.99. The standard InChI is InChI=1S/C14H16FNO3/c15-11-3-1-8(14(17)18)5-9(11)7-16-12-6-10-2-4-13(12)19-10/h1,3,5,10,12-13,16H,2,4,6-7H2,(H,17,18). The first-order valence-electron chi connectivity index (χ1n) is 6.54. The van der Waals surface area contributed by atoms with Crippen LogP contribution in [0.25, 0.3) is 0 Å². The van der Waals surface area contributed by atoms with E-state index in [0.717, 1.165) is 19.3 Å². The predicted octanol–water partition coefficient (Wildman–Crippen LogP) is 1.93. The van der Waals surface area contributed by atoms with Crippen molar-refractivity contribution in [1.29, 1.82) is 0 Å². The quantitative estimate of drug-likeness (QED) is 0.873. The molecule has 102 valence electrons. The Morgan fingerprint density at radius 2 is 2.32 bits per heavy atom. The lowest BCUT2D eigenvalue weighted by Crippen LogP contribution is -2.37. The van der Waals surface area contributed by atoms with Crippen LogP contribution in [-0.4, -0.2) is 29.3 Å². The number of hydrogen-bond acceptors (Lipinski definition) is 3. The molecule has 0 aliphatic carbocycles. The molecule has 2 bridgehead atoms. The lowest BCUT2D eigenvalue weighted by Gasteiger charge is -2.20. The van der Waals surface area contributed by atoms with E-state index in [1.807, 2.05) is 0 Å². The van der Waals surface area contributed by atoms with Crippen LogP contribution in [0.1, 0.15) is 35.2 Å². The molecule has 3 atom stereocenters. The number of aromatic carboxylic acids is 1. The van der Waals surface area contributed by atoms with Crippen LogP contribution in [0.2, 0.25) is 0 Å². The molecular weight excluding hydrogens is 249 g/mol. The van der Waals surface area contributed by atoms with Gasteiger partial charge in [-0.05, 0) is 37.5 Å². The Kier molecular flexibility index (Phi) is 3.24. The maximum absolute atomic E-state index is 13.6. The molecule has 4 nitrogen and oxygen atoms in total. The summed E-state index contributed by atoms with van der Waals surface area (Å²) < 4.78 is 19.3. The minimum atomic E-state index is -1.04. The maximum atomic E-state index is 13.6. The molecular formula is C14H16FNO3. The van der Waals surface area contributed by atoms with Crippen molar-refractivity contribution in [3.8, 4) is 0 Å². The molecule has 3 rings (SSSR count). The third kappa shape index (κ3) is 2.48. The number of nitrogens with one attached hydrogen (secondary N) is 1. The van der Waals surface area contributed by atoms with Gasteiger partial charge in [0.25, 0.3) is 0 Å². The number of rotatable bonds is 4. The molecule has 2 fully saturated rings. The smallest absolute Gasteiger partial charge is 0.335 e. The molecule has 0 aromatic heterocycles. The Bertz CT molecular complexity index is 505. The normalized spacial score (nSPS) is 28.8. The van der Waals surface area contributed by atoms with Gasteiger partial charge in [-0.1, -0.05) is 0 Å². The summed E-state index contributed by atoms with van der Waals surface area (Å²) in [5.41, 5.74) is 0.505. The van der Waals surface area contributed by atoms with E-state index in [4.69, 9.17) is 9.84 Å². The van der Waals surface area contributed by atoms with E-state index < -0.39 is 5.97 Å². The minimum absolute atomic E-state index is 0.113. The molecule has 1 aromatic rings. The number of hydrogen-bond donors (Lipinski definition) is 2. The number of benzene rings is 1. The van der Waals surface area contributed by atoms with Crippen molar-refractivity contribution in [1.82, 2.24) is 5.32 Å². The largest absolute Gasteiger partial charge is 0.478 e. The first-order chi connectivity index (χ1) is 9.13. The molecule has 2 aliphatic rings. The Labute approximate surface area is 110 Å². The molecule has 0 spiro atoms. The number of halogens is 1. The fraction of sp³-hybridized carbons (Fsp3) is 0.500. The van der Waals surface area contributed by atoms with E-state index in [1.165, 1.54) is 18.2 Å². The van der Waals surface area contributed by atoms with Crippen LogP contribution >= 0.6 is 0 Å². The van der Waals surface area contributed by atoms with Crippen LogP contribution in [0.3, 0.4) is 0 Å². The third-order valence-electron chi connectivity index (χ3n) is 3.95. The summed E-state index contributed by atoms with van der Waals surface area (Å²) in [5, 5.41) is 12.2. The third-order valence-corrected chi connectivity index (χ3v) is 3.95. The van der Waals surface area contributed by atoms with E-state index in [1.54, 1.807) is 0 Å². The SMILES string of the molecule is O=C(O)c1ccc(F)c(CNC2CC3CCC2O3)c1. The summed E-state index contributed by atoms with van der Waals surface area (Å²) in [6.07, 6.45) is 3.71. The lowest BCUT2D eigenvalue weighted by atomic mass is 9.95. The number of ether oxygens (including phenoxy) is 1. The zero-order valence-corrected chi connectivity index (χ0v) is 10.4. The topological polar surface area (TPSA) is 58.6 Å². The predicted molar refractivity (Wildman–Crippen MR) is 66.5 cm³/mol. The zero-order chi connectivity index (χ0) is 13.4. The number of carbonyl (C=O) groups is 1. The fourth-order valence-electron chi connectivity index (χ4n) is 2.94. The molecule has 0 amide bonds. The van der Waals surface area contributed by atoms with E-state index in [-0.39, 0.29) is 23.5 Å². The maximum Gasteiger partial charge on any atom is 0.335 e. The molecule has 0 saturated carbocycles. The van der Waals surface area contributed by atoms with Gasteiger partial charge in [-0.25, -0.2) is 9.18 Å². The lowest BCUT2D eigenvalue weighted by molar-refractivity contribution is 0.0696. The first kappa shape index (κ1) is 12.6. The highest BCUT2D eigenvalue weighted by Crippen LogP contribution is 2.34. The molecule has 2 N–H and O–H groups in total. The molecule has 2 heterocycles. The van der Waals surface area contributed by atoms with E-state index >= 15 is 0 Å². The molecule has 1 aromatic carbocycles. The molecule has 5 heteroatoms. The van der Waals surface area contributed by atoms with Gasteiger partial charge in [0.1, 0.15) is 5.82 Å². The van der Waals surface area contributed by atoms with Crippen molar-refractivity contribution in [2.45, 2.75) is 44.1 Å². The van der Waals surface area contributed by atoms with Crippen molar-refractivity contribution in [2.24, 2.45) is 0 Å². The first-order valence-corrected chi connectivity index (χ1v) is 6.54.